The van der Waals surface area contributed by atoms with Crippen LogP contribution in [0.1, 0.15) is 57.5 Å². The van der Waals surface area contributed by atoms with Crippen LogP contribution in [0.3, 0.4) is 0 Å². The van der Waals surface area contributed by atoms with E-state index in [-0.39, 0.29) is 38.9 Å². The lowest BCUT2D eigenvalue weighted by molar-refractivity contribution is -0.155. The van der Waals surface area contributed by atoms with Crippen molar-refractivity contribution in [3.63, 3.8) is 0 Å². The number of phenols is 3. The highest BCUT2D eigenvalue weighted by Gasteiger charge is 2.49. The molecule has 3 aliphatic heterocycles. The summed E-state index contributed by atoms with van der Waals surface area (Å²) in [6, 6.07) is 1.06. The van der Waals surface area contributed by atoms with E-state index in [0.717, 1.165) is 6.07 Å². The highest BCUT2D eigenvalue weighted by molar-refractivity contribution is 6.21. The first-order valence-corrected chi connectivity index (χ1v) is 16.4. The Kier molecular flexibility index (Phi) is 11.2. The minimum Gasteiger partial charge on any atom is -0.507 e. The average molecular weight is 698 g/mol. The Morgan fingerprint density at radius 3 is 2.20 bits per heavy atom. The van der Waals surface area contributed by atoms with Crippen molar-refractivity contribution in [2.24, 2.45) is 29.6 Å². The van der Waals surface area contributed by atoms with Gasteiger partial charge in [-0.2, -0.15) is 0 Å². The topological polar surface area (TPSA) is 201 Å². The van der Waals surface area contributed by atoms with Gasteiger partial charge in [-0.15, -0.1) is 0 Å². The van der Waals surface area contributed by atoms with Crippen LogP contribution in [-0.2, 0) is 23.8 Å². The van der Waals surface area contributed by atoms with Crippen molar-refractivity contribution in [3.8, 4) is 23.0 Å². The number of ketones is 1. The maximum atomic E-state index is 13.9. The number of benzene rings is 2. The molecule has 1 amide bonds. The zero-order valence-electron chi connectivity index (χ0n) is 29.7. The van der Waals surface area contributed by atoms with Crippen molar-refractivity contribution in [1.82, 2.24) is 0 Å². The summed E-state index contributed by atoms with van der Waals surface area (Å²) in [5.74, 6) is -9.04. The molecule has 0 aliphatic carbocycles. The van der Waals surface area contributed by atoms with Gasteiger partial charge in [0.15, 0.2) is 5.75 Å². The van der Waals surface area contributed by atoms with E-state index >= 15 is 0 Å². The van der Waals surface area contributed by atoms with Crippen molar-refractivity contribution in [1.29, 1.82) is 0 Å². The van der Waals surface area contributed by atoms with Crippen LogP contribution in [0.5, 0.6) is 23.0 Å². The molecular weight excluding hydrogens is 650 g/mol. The minimum atomic E-state index is -1.99. The van der Waals surface area contributed by atoms with Gasteiger partial charge in [0.1, 0.15) is 17.2 Å². The second-order valence-corrected chi connectivity index (χ2v) is 13.4. The number of nitrogens with one attached hydrogen (secondary N) is 1. The van der Waals surface area contributed by atoms with Gasteiger partial charge in [0, 0.05) is 48.5 Å². The lowest BCUT2D eigenvalue weighted by Gasteiger charge is -2.37. The fourth-order valence-electron chi connectivity index (χ4n) is 6.84. The monoisotopic (exact) mass is 697 g/mol. The van der Waals surface area contributed by atoms with Crippen molar-refractivity contribution in [2.75, 3.05) is 19.5 Å². The number of aromatic hydroxyl groups is 3. The summed E-state index contributed by atoms with van der Waals surface area (Å²) in [5, 5.41) is 58.2. The molecule has 0 saturated heterocycles. The number of methoxy groups -OCH3 is 2. The second kappa shape index (κ2) is 14.7. The Balaban J connectivity index is 1.88. The molecule has 6 N–H and O–H groups in total. The smallest absolute Gasteiger partial charge is 0.312 e. The number of fused-ring (bicyclic) bond motifs is 14. The average Bonchev–Trinajstić information content (AvgIpc) is 3.34. The molecule has 0 fully saturated rings. The van der Waals surface area contributed by atoms with E-state index in [4.69, 9.17) is 18.9 Å². The van der Waals surface area contributed by atoms with Gasteiger partial charge < -0.3 is 49.8 Å². The zero-order valence-corrected chi connectivity index (χ0v) is 29.7. The number of phenolic OH excluding ortho intramolecular Hbond substituents is 3. The number of Topliss-reactive ketones (excluding diaryl/α,β-unsaturated/α-hetero) is 1. The Morgan fingerprint density at radius 1 is 0.920 bits per heavy atom. The molecule has 0 unspecified atom stereocenters. The van der Waals surface area contributed by atoms with E-state index < -0.39 is 88.6 Å². The molecule has 0 spiro atoms. The first kappa shape index (κ1) is 38.2. The Morgan fingerprint density at radius 2 is 1.58 bits per heavy atom. The van der Waals surface area contributed by atoms with Gasteiger partial charge in [0.2, 0.25) is 0 Å². The molecule has 0 radical (unpaired) electrons. The van der Waals surface area contributed by atoms with E-state index in [1.807, 2.05) is 0 Å². The van der Waals surface area contributed by atoms with Crippen LogP contribution in [-0.4, -0.2) is 81.5 Å². The number of rotatable bonds is 2. The largest absolute Gasteiger partial charge is 0.507 e. The highest BCUT2D eigenvalue weighted by atomic mass is 16.7. The predicted molar refractivity (Wildman–Crippen MR) is 184 cm³/mol. The number of hydrogen-bond donors (Lipinski definition) is 6. The van der Waals surface area contributed by atoms with Crippen molar-refractivity contribution < 1.29 is 58.9 Å². The summed E-state index contributed by atoms with van der Waals surface area (Å²) in [6.07, 6.45) is 4.39. The predicted octanol–water partition coefficient (Wildman–Crippen LogP) is 4.61. The lowest BCUT2D eigenvalue weighted by Crippen LogP contribution is -2.45. The third-order valence-corrected chi connectivity index (χ3v) is 10.1. The standard InChI is InChI=1S/C37H47NO12/c1-16-11-10-12-17(2)35(45)38-22-15-23(39)26-27(32(22)43)31(42)21(6)33-28(26)34(44)37(7,50-33)49-14-13-24(47-8)18(3)25(36(46)48-9)19(4)30(41)20(5)29(16)40/h10-16,18-20,24-25,29-30,39-43H,1-9H3,(H,38,45)/b11-10+,14-13+,17-12-/t16-,18+,19-,20-,24+,25+,29-,30+,37-/m0/s1. The van der Waals surface area contributed by atoms with E-state index in [1.165, 1.54) is 53.4 Å². The van der Waals surface area contributed by atoms with Gasteiger partial charge in [0.25, 0.3) is 11.7 Å². The molecule has 2 aromatic carbocycles. The van der Waals surface area contributed by atoms with E-state index in [2.05, 4.69) is 5.32 Å². The van der Waals surface area contributed by atoms with E-state index in [1.54, 1.807) is 39.8 Å². The van der Waals surface area contributed by atoms with Crippen LogP contribution in [0, 0.1) is 36.5 Å². The van der Waals surface area contributed by atoms with Gasteiger partial charge >= 0.3 is 11.8 Å². The molecule has 0 saturated carbocycles. The first-order chi connectivity index (χ1) is 23.4. The number of esters is 1. The summed E-state index contributed by atoms with van der Waals surface area (Å²) in [5.41, 5.74) is -0.105. The number of carbonyl (C=O) groups is 3. The molecule has 5 rings (SSSR count). The van der Waals surface area contributed by atoms with Crippen molar-refractivity contribution in [2.45, 2.75) is 72.6 Å². The van der Waals surface area contributed by atoms with Gasteiger partial charge in [-0.05, 0) is 31.8 Å². The summed E-state index contributed by atoms with van der Waals surface area (Å²) in [7, 11) is 2.66. The number of carbonyl (C=O) groups excluding carboxylic acids is 3. The zero-order chi connectivity index (χ0) is 37.4. The van der Waals surface area contributed by atoms with Crippen LogP contribution in [0.2, 0.25) is 0 Å². The molecule has 2 aromatic rings. The van der Waals surface area contributed by atoms with Gasteiger partial charge in [0.05, 0.1) is 54.2 Å². The fraction of sp³-hybridized carbons (Fsp3) is 0.486. The SMILES string of the molecule is COC(=O)[C@H]1[C@H](C)[C@@H](O)[C@@H](C)[C@@H](O)[C@@H](C)/C=C/C=C(/C)C(=O)Nc2cc(O)c3c4c(c(C)c(O)c3c2O)O[C@](C)(O/C=C/[C@@H](OC)[C@H]1C)C4=O. The van der Waals surface area contributed by atoms with Crippen molar-refractivity contribution in [3.05, 3.63) is 53.3 Å². The molecule has 0 aromatic heterocycles. The number of ether oxygens (including phenoxy) is 4. The normalized spacial score (nSPS) is 33.2. The van der Waals surface area contributed by atoms with Crippen LogP contribution in [0.25, 0.3) is 10.8 Å². The molecule has 9 atom stereocenters. The maximum Gasteiger partial charge on any atom is 0.312 e. The third-order valence-electron chi connectivity index (χ3n) is 10.1. The quantitative estimate of drug-likeness (QED) is 0.145. The third kappa shape index (κ3) is 6.77. The molecular formula is C37H47NO12. The summed E-state index contributed by atoms with van der Waals surface area (Å²) in [4.78, 5) is 40.2. The molecule has 272 valence electrons. The van der Waals surface area contributed by atoms with Crippen molar-refractivity contribution >= 4 is 34.1 Å². The second-order valence-electron chi connectivity index (χ2n) is 13.4. The minimum absolute atomic E-state index is 0.0736. The number of allylic oxidation sites excluding steroid dienone is 2. The molecule has 5 bridgehead atoms. The molecule has 50 heavy (non-hydrogen) atoms. The molecule has 3 heterocycles. The molecule has 13 heteroatoms. The lowest BCUT2D eigenvalue weighted by atomic mass is 9.73. The van der Waals surface area contributed by atoms with Crippen LogP contribution in [0.4, 0.5) is 5.69 Å². The first-order valence-electron chi connectivity index (χ1n) is 16.4. The highest BCUT2D eigenvalue weighted by Crippen LogP contribution is 2.53. The van der Waals surface area contributed by atoms with Gasteiger partial charge in [-0.1, -0.05) is 45.9 Å². The number of amides is 1. The number of hydrogen-bond acceptors (Lipinski definition) is 12. The van der Waals surface area contributed by atoms with Crippen LogP contribution >= 0.6 is 0 Å². The maximum absolute atomic E-state index is 13.9. The number of aliphatic hydroxyl groups is 2. The van der Waals surface area contributed by atoms with Gasteiger partial charge in [-0.25, -0.2) is 0 Å². The molecule has 13 nitrogen and oxygen atoms in total. The van der Waals surface area contributed by atoms with E-state index in [9.17, 15) is 39.9 Å². The number of aliphatic hydroxyl groups excluding tert-OH is 2. The fourth-order valence-corrected chi connectivity index (χ4v) is 6.84. The molecule has 3 aliphatic rings. The number of anilines is 1. The summed E-state index contributed by atoms with van der Waals surface area (Å²) >= 11 is 0. The van der Waals surface area contributed by atoms with E-state index in [0.29, 0.717) is 0 Å². The summed E-state index contributed by atoms with van der Waals surface area (Å²) < 4.78 is 22.6. The van der Waals surface area contributed by atoms with Gasteiger partial charge in [-0.3, -0.25) is 14.4 Å². The summed E-state index contributed by atoms with van der Waals surface area (Å²) in [6.45, 7) is 11.2. The Hall–Kier alpha value is -4.59. The Bertz CT molecular complexity index is 1760. The van der Waals surface area contributed by atoms with Crippen LogP contribution in [0.15, 0.2) is 42.2 Å². The Labute approximate surface area is 290 Å². The van der Waals surface area contributed by atoms with Crippen LogP contribution < -0.4 is 10.1 Å².